The zero-order chi connectivity index (χ0) is 29.3. The maximum absolute atomic E-state index is 12.5. The van der Waals surface area contributed by atoms with E-state index in [2.05, 4.69) is 40.1 Å². The first kappa shape index (κ1) is 29.3. The molecule has 2 unspecified atom stereocenters. The van der Waals surface area contributed by atoms with Crippen molar-refractivity contribution in [2.45, 2.75) is 67.2 Å². The number of nitrogens with one attached hydrogen (secondary N) is 2. The molecule has 2 amide bonds. The standard InChI is InChI=1S/C20H27N10O9PS/c21-16-13-17(24-6-23-16)30(7-25-13)18-15(32)14(31)10(38-18)4-37-40(35,36)39-19(33)8(28-29-22)2-1-3-11-12-9(5-41-11)26-20(34)27-12/h6-12,14-15,18,31-32H,1-5H2,(H,35,36)(H2,21,23,24)(H2,26,27,34)/t8?,9-,10+,11-,12-,14+,15+,18+/m0/s1. The first-order chi connectivity index (χ1) is 19.6. The molecule has 5 rings (SSSR count). The molecule has 7 N–H and O–H groups in total. The maximum Gasteiger partial charge on any atom is 0.529 e. The van der Waals surface area contributed by atoms with Crippen LogP contribution >= 0.6 is 19.6 Å². The molecule has 0 aliphatic carbocycles. The SMILES string of the molecule is [N-]=[N+]=NC(CCC[C@@H]1SC[C@@H]2NC(=O)N[C@@H]21)C(=O)OP(=O)(O)OC[C@H]1O[C@@H](n2cnc3c(N)ncnc32)[C@H](O)[C@@H]1O. The summed E-state index contributed by atoms with van der Waals surface area (Å²) in [5.74, 6) is -0.427. The second-order valence-corrected chi connectivity index (χ2v) is 12.2. The van der Waals surface area contributed by atoms with E-state index in [0.717, 1.165) is 5.75 Å². The van der Waals surface area contributed by atoms with E-state index in [9.17, 15) is 29.3 Å². The molecule has 5 heterocycles. The number of nitrogen functional groups attached to an aromatic ring is 1. The maximum atomic E-state index is 12.5. The third-order valence-corrected chi connectivity index (χ3v) is 9.37. The number of ether oxygens (including phenoxy) is 1. The molecule has 3 aliphatic rings. The van der Waals surface area contributed by atoms with Crippen LogP contribution in [-0.4, -0.2) is 101 Å². The highest BCUT2D eigenvalue weighted by Gasteiger charge is 2.46. The van der Waals surface area contributed by atoms with Crippen LogP contribution in [-0.2, 0) is 23.1 Å². The molecule has 222 valence electrons. The molecule has 21 heteroatoms. The highest BCUT2D eigenvalue weighted by atomic mass is 32.2. The van der Waals surface area contributed by atoms with Crippen molar-refractivity contribution in [2.75, 3.05) is 18.1 Å². The van der Waals surface area contributed by atoms with Crippen molar-refractivity contribution < 1.29 is 43.0 Å². The quantitative estimate of drug-likeness (QED) is 0.0623. The summed E-state index contributed by atoms with van der Waals surface area (Å²) in [6.45, 7) is -0.743. The number of fused-ring (bicyclic) bond motifs is 2. The van der Waals surface area contributed by atoms with Gasteiger partial charge in [0.2, 0.25) is 0 Å². The van der Waals surface area contributed by atoms with E-state index < -0.39 is 51.0 Å². The molecule has 0 saturated carbocycles. The third kappa shape index (κ3) is 6.19. The Bertz CT molecular complexity index is 1410. The van der Waals surface area contributed by atoms with Crippen LogP contribution in [0.3, 0.4) is 0 Å². The van der Waals surface area contributed by atoms with Crippen LogP contribution in [0.1, 0.15) is 25.5 Å². The van der Waals surface area contributed by atoms with E-state index in [1.54, 1.807) is 11.8 Å². The van der Waals surface area contributed by atoms with E-state index in [1.807, 2.05) is 0 Å². The van der Waals surface area contributed by atoms with E-state index in [0.29, 0.717) is 12.8 Å². The van der Waals surface area contributed by atoms with Crippen LogP contribution in [0.15, 0.2) is 17.8 Å². The van der Waals surface area contributed by atoms with Gasteiger partial charge in [-0.1, -0.05) is 11.5 Å². The fourth-order valence-corrected chi connectivity index (χ4v) is 7.24. The largest absolute Gasteiger partial charge is 0.529 e. The van der Waals surface area contributed by atoms with Crippen molar-refractivity contribution in [1.82, 2.24) is 30.2 Å². The molecule has 9 atom stereocenters. The van der Waals surface area contributed by atoms with Gasteiger partial charge in [0.25, 0.3) is 0 Å². The molecule has 2 aromatic rings. The number of carbonyl (C=O) groups excluding carboxylic acids is 2. The number of hydrogen-bond acceptors (Lipinski definition) is 14. The fourth-order valence-electron chi connectivity index (χ4n) is 4.96. The number of amides is 2. The molecule has 0 bridgehead atoms. The molecular formula is C20H27N10O9PS. The third-order valence-electron chi connectivity index (χ3n) is 6.97. The Morgan fingerprint density at radius 3 is 2.95 bits per heavy atom. The Labute approximate surface area is 235 Å². The van der Waals surface area contributed by atoms with Crippen LogP contribution < -0.4 is 16.4 Å². The minimum absolute atomic E-state index is 0.0265. The molecule has 0 aromatic carbocycles. The van der Waals surface area contributed by atoms with Gasteiger partial charge in [0, 0.05) is 15.9 Å². The Hall–Kier alpha value is -3.22. The predicted octanol–water partition coefficient (Wildman–Crippen LogP) is -0.297. The average Bonchev–Trinajstić information content (AvgIpc) is 3.67. The lowest BCUT2D eigenvalue weighted by atomic mass is 10.0. The number of thioether (sulfide) groups is 1. The summed E-state index contributed by atoms with van der Waals surface area (Å²) in [6.07, 6.45) is -2.08. The number of aliphatic hydroxyl groups excluding tert-OH is 2. The smallest absolute Gasteiger partial charge is 0.387 e. The topological polar surface area (TPSA) is 282 Å². The van der Waals surface area contributed by atoms with E-state index in [4.69, 9.17) is 20.5 Å². The summed E-state index contributed by atoms with van der Waals surface area (Å²) in [7, 11) is -5.05. The molecule has 19 nitrogen and oxygen atoms in total. The second-order valence-electron chi connectivity index (χ2n) is 9.58. The Morgan fingerprint density at radius 2 is 2.17 bits per heavy atom. The van der Waals surface area contributed by atoms with Crippen molar-refractivity contribution in [1.29, 1.82) is 0 Å². The van der Waals surface area contributed by atoms with E-state index in [1.165, 1.54) is 17.2 Å². The summed E-state index contributed by atoms with van der Waals surface area (Å²) >= 11 is 1.67. The Kier molecular flexibility index (Phi) is 8.53. The normalized spacial score (nSPS) is 31.1. The minimum atomic E-state index is -5.05. The molecule has 3 saturated heterocycles. The fraction of sp³-hybridized carbons (Fsp3) is 0.650. The number of imidazole rings is 1. The van der Waals surface area contributed by atoms with Gasteiger partial charge >= 0.3 is 19.8 Å². The number of anilines is 1. The monoisotopic (exact) mass is 614 g/mol. The number of nitrogens with zero attached hydrogens (tertiary/aromatic N) is 7. The first-order valence-electron chi connectivity index (χ1n) is 12.5. The van der Waals surface area contributed by atoms with Gasteiger partial charge < -0.3 is 35.8 Å². The van der Waals surface area contributed by atoms with Crippen LogP contribution in [0.5, 0.6) is 0 Å². The van der Waals surface area contributed by atoms with Crippen molar-refractivity contribution in [3.05, 3.63) is 23.1 Å². The molecule has 0 radical (unpaired) electrons. The molecule has 2 aromatic heterocycles. The zero-order valence-electron chi connectivity index (χ0n) is 21.2. The van der Waals surface area contributed by atoms with Gasteiger partial charge in [0.05, 0.1) is 25.0 Å². The second kappa shape index (κ2) is 11.9. The minimum Gasteiger partial charge on any atom is -0.387 e. The highest BCUT2D eigenvalue weighted by molar-refractivity contribution is 8.00. The molecular weight excluding hydrogens is 587 g/mol. The van der Waals surface area contributed by atoms with Gasteiger partial charge in [-0.3, -0.25) is 18.8 Å². The summed E-state index contributed by atoms with van der Waals surface area (Å²) in [5, 5.41) is 30.1. The predicted molar refractivity (Wildman–Crippen MR) is 140 cm³/mol. The lowest BCUT2D eigenvalue weighted by Gasteiger charge is -2.19. The lowest BCUT2D eigenvalue weighted by Crippen LogP contribution is -2.36. The molecule has 0 spiro atoms. The van der Waals surface area contributed by atoms with Gasteiger partial charge in [-0.2, -0.15) is 11.8 Å². The number of hydrogen-bond donors (Lipinski definition) is 6. The van der Waals surface area contributed by atoms with Crippen LogP contribution in [0.2, 0.25) is 0 Å². The number of aromatic nitrogens is 4. The number of azide groups is 1. The van der Waals surface area contributed by atoms with Gasteiger partial charge in [-0.25, -0.2) is 24.3 Å². The summed E-state index contributed by atoms with van der Waals surface area (Å²) in [5.41, 5.74) is 15.1. The van der Waals surface area contributed by atoms with Gasteiger partial charge in [0.15, 0.2) is 17.7 Å². The number of aliphatic hydroxyl groups is 2. The van der Waals surface area contributed by atoms with E-state index >= 15 is 0 Å². The summed E-state index contributed by atoms with van der Waals surface area (Å²) < 4.78 is 28.9. The Balaban J connectivity index is 1.13. The van der Waals surface area contributed by atoms with Crippen LogP contribution in [0.25, 0.3) is 21.6 Å². The lowest BCUT2D eigenvalue weighted by molar-refractivity contribution is -0.138. The number of phosphoric ester groups is 1. The highest BCUT2D eigenvalue weighted by Crippen LogP contribution is 2.45. The van der Waals surface area contributed by atoms with Crippen molar-refractivity contribution in [2.24, 2.45) is 5.11 Å². The zero-order valence-corrected chi connectivity index (χ0v) is 22.9. The van der Waals surface area contributed by atoms with Gasteiger partial charge in [-0.05, 0) is 18.4 Å². The van der Waals surface area contributed by atoms with Crippen molar-refractivity contribution >= 4 is 48.6 Å². The molecule has 3 fully saturated rings. The Morgan fingerprint density at radius 1 is 1.37 bits per heavy atom. The number of nitrogens with two attached hydrogens (primary N) is 1. The number of urea groups is 1. The number of phosphoric acid groups is 1. The van der Waals surface area contributed by atoms with E-state index in [-0.39, 0.29) is 46.8 Å². The summed E-state index contributed by atoms with van der Waals surface area (Å²) in [6, 6.07) is -1.65. The summed E-state index contributed by atoms with van der Waals surface area (Å²) in [4.78, 5) is 48.8. The average molecular weight is 615 g/mol. The van der Waals surface area contributed by atoms with Crippen LogP contribution in [0.4, 0.5) is 10.6 Å². The van der Waals surface area contributed by atoms with Crippen molar-refractivity contribution in [3.63, 3.8) is 0 Å². The molecule has 3 aliphatic heterocycles. The number of carbonyl (C=O) groups is 2. The van der Waals surface area contributed by atoms with Gasteiger partial charge in [0.1, 0.15) is 36.2 Å². The number of rotatable bonds is 11. The first-order valence-corrected chi connectivity index (χ1v) is 15.0. The van der Waals surface area contributed by atoms with Crippen LogP contribution in [0, 0.1) is 0 Å². The molecule has 41 heavy (non-hydrogen) atoms. The van der Waals surface area contributed by atoms with Gasteiger partial charge in [-0.15, -0.1) is 0 Å². The van der Waals surface area contributed by atoms with Crippen molar-refractivity contribution in [3.8, 4) is 0 Å².